The van der Waals surface area contributed by atoms with Crippen molar-refractivity contribution in [3.8, 4) is 0 Å². The maximum atomic E-state index is 9.35. The van der Waals surface area contributed by atoms with Gasteiger partial charge in [-0.25, -0.2) is 0 Å². The molecule has 2 nitrogen and oxygen atoms in total. The molecule has 0 amide bonds. The van der Waals surface area contributed by atoms with Crippen LogP contribution in [0.4, 0.5) is 0 Å². The summed E-state index contributed by atoms with van der Waals surface area (Å²) >= 11 is 0. The minimum absolute atomic E-state index is 0.245. The van der Waals surface area contributed by atoms with Crippen LogP contribution in [0.1, 0.15) is 41.0 Å². The van der Waals surface area contributed by atoms with Gasteiger partial charge in [0, 0.05) is 25.2 Å². The first kappa shape index (κ1) is 12.5. The summed E-state index contributed by atoms with van der Waals surface area (Å²) in [6.07, 6.45) is 0.523. The van der Waals surface area contributed by atoms with Crippen molar-refractivity contribution in [3.05, 3.63) is 11.3 Å². The molecule has 13 heavy (non-hydrogen) atoms. The van der Waals surface area contributed by atoms with Crippen LogP contribution < -0.4 is 0 Å². The summed E-state index contributed by atoms with van der Waals surface area (Å²) in [5.41, 5.74) is 2.60. The van der Waals surface area contributed by atoms with Crippen molar-refractivity contribution in [2.24, 2.45) is 0 Å². The Labute approximate surface area is 82.3 Å². The van der Waals surface area contributed by atoms with Gasteiger partial charge in [-0.3, -0.25) is 0 Å². The molecule has 0 spiro atoms. The van der Waals surface area contributed by atoms with Crippen molar-refractivity contribution in [2.75, 3.05) is 13.1 Å². The van der Waals surface area contributed by atoms with E-state index in [1.807, 2.05) is 6.92 Å². The molecule has 2 heteroatoms. The third kappa shape index (κ3) is 4.32. The van der Waals surface area contributed by atoms with Gasteiger partial charge in [0.05, 0.1) is 6.10 Å². The number of hydrogen-bond acceptors (Lipinski definition) is 2. The molecule has 0 aromatic carbocycles. The number of hydrogen-bond donors (Lipinski definition) is 1. The molecule has 1 atom stereocenters. The average Bonchev–Trinajstić information content (AvgIpc) is 2.04. The molecule has 78 valence electrons. The Morgan fingerprint density at radius 2 is 1.69 bits per heavy atom. The SMILES string of the molecule is CCN(CC)C(CC(C)O)=C(C)C. The van der Waals surface area contributed by atoms with Crippen LogP contribution in [0.5, 0.6) is 0 Å². The highest BCUT2D eigenvalue weighted by molar-refractivity contribution is 5.09. The molecular weight excluding hydrogens is 162 g/mol. The van der Waals surface area contributed by atoms with Crippen LogP contribution in [0.15, 0.2) is 11.3 Å². The summed E-state index contributed by atoms with van der Waals surface area (Å²) in [5.74, 6) is 0. The fraction of sp³-hybridized carbons (Fsp3) is 0.818. The lowest BCUT2D eigenvalue weighted by atomic mass is 10.1. The molecule has 0 saturated carbocycles. The molecule has 0 aromatic heterocycles. The number of nitrogens with zero attached hydrogens (tertiary/aromatic N) is 1. The van der Waals surface area contributed by atoms with Crippen molar-refractivity contribution >= 4 is 0 Å². The minimum atomic E-state index is -0.245. The molecule has 0 aliphatic carbocycles. The maximum Gasteiger partial charge on any atom is 0.0566 e. The molecule has 0 fully saturated rings. The first-order valence-corrected chi connectivity index (χ1v) is 5.12. The second-order valence-corrected chi connectivity index (χ2v) is 3.67. The van der Waals surface area contributed by atoms with E-state index in [0.717, 1.165) is 19.5 Å². The summed E-state index contributed by atoms with van der Waals surface area (Å²) in [6.45, 7) is 12.4. The zero-order valence-corrected chi connectivity index (χ0v) is 9.59. The lowest BCUT2D eigenvalue weighted by molar-refractivity contribution is 0.180. The molecule has 0 aromatic rings. The highest BCUT2D eigenvalue weighted by Crippen LogP contribution is 2.15. The van der Waals surface area contributed by atoms with Crippen LogP contribution in [0.3, 0.4) is 0 Å². The van der Waals surface area contributed by atoms with E-state index in [0.29, 0.717) is 0 Å². The Bertz CT molecular complexity index is 165. The Hall–Kier alpha value is -0.500. The van der Waals surface area contributed by atoms with Crippen LogP contribution >= 0.6 is 0 Å². The number of allylic oxidation sites excluding steroid dienone is 1. The van der Waals surface area contributed by atoms with Gasteiger partial charge in [-0.1, -0.05) is 5.57 Å². The molecule has 0 saturated heterocycles. The van der Waals surface area contributed by atoms with Crippen LogP contribution in [0.2, 0.25) is 0 Å². The zero-order chi connectivity index (χ0) is 10.4. The van der Waals surface area contributed by atoms with Gasteiger partial charge in [0.15, 0.2) is 0 Å². The molecule has 0 aliphatic rings. The van der Waals surface area contributed by atoms with E-state index in [-0.39, 0.29) is 6.10 Å². The quantitative estimate of drug-likeness (QED) is 0.711. The van der Waals surface area contributed by atoms with Crippen molar-refractivity contribution < 1.29 is 5.11 Å². The van der Waals surface area contributed by atoms with E-state index in [1.54, 1.807) is 0 Å². The normalized spacial score (nSPS) is 12.5. The number of aliphatic hydroxyl groups is 1. The minimum Gasteiger partial charge on any atom is -0.393 e. The van der Waals surface area contributed by atoms with Crippen LogP contribution in [0, 0.1) is 0 Å². The van der Waals surface area contributed by atoms with E-state index in [1.165, 1.54) is 11.3 Å². The van der Waals surface area contributed by atoms with Crippen molar-refractivity contribution in [3.63, 3.8) is 0 Å². The summed E-state index contributed by atoms with van der Waals surface area (Å²) in [5, 5.41) is 9.35. The molecular formula is C11H23NO. The highest BCUT2D eigenvalue weighted by Gasteiger charge is 2.09. The Kier molecular flexibility index (Phi) is 5.80. The van der Waals surface area contributed by atoms with E-state index in [2.05, 4.69) is 32.6 Å². The van der Waals surface area contributed by atoms with E-state index in [4.69, 9.17) is 0 Å². The van der Waals surface area contributed by atoms with Crippen molar-refractivity contribution in [1.82, 2.24) is 4.90 Å². The topological polar surface area (TPSA) is 23.5 Å². The van der Waals surface area contributed by atoms with Gasteiger partial charge in [-0.15, -0.1) is 0 Å². The third-order valence-electron chi connectivity index (χ3n) is 2.21. The van der Waals surface area contributed by atoms with Gasteiger partial charge in [0.1, 0.15) is 0 Å². The first-order chi connectivity index (χ1) is 6.02. The predicted octanol–water partition coefficient (Wildman–Crippen LogP) is 2.39. The van der Waals surface area contributed by atoms with Crippen molar-refractivity contribution in [1.29, 1.82) is 0 Å². The number of aliphatic hydroxyl groups excluding tert-OH is 1. The fourth-order valence-corrected chi connectivity index (χ4v) is 1.53. The van der Waals surface area contributed by atoms with Crippen molar-refractivity contribution in [2.45, 2.75) is 47.1 Å². The highest BCUT2D eigenvalue weighted by atomic mass is 16.3. The molecule has 0 bridgehead atoms. The van der Waals surface area contributed by atoms with Gasteiger partial charge >= 0.3 is 0 Å². The largest absolute Gasteiger partial charge is 0.393 e. The summed E-state index contributed by atoms with van der Waals surface area (Å²) < 4.78 is 0. The van der Waals surface area contributed by atoms with Gasteiger partial charge in [0.25, 0.3) is 0 Å². The molecule has 0 heterocycles. The van der Waals surface area contributed by atoms with Gasteiger partial charge in [-0.05, 0) is 34.6 Å². The molecule has 1 N–H and O–H groups in total. The lowest BCUT2D eigenvalue weighted by Gasteiger charge is -2.27. The average molecular weight is 185 g/mol. The monoisotopic (exact) mass is 185 g/mol. The second-order valence-electron chi connectivity index (χ2n) is 3.67. The van der Waals surface area contributed by atoms with Gasteiger partial charge in [0.2, 0.25) is 0 Å². The van der Waals surface area contributed by atoms with Gasteiger partial charge < -0.3 is 10.0 Å². The van der Waals surface area contributed by atoms with E-state index in [9.17, 15) is 5.11 Å². The zero-order valence-electron chi connectivity index (χ0n) is 9.59. The maximum absolute atomic E-state index is 9.35. The van der Waals surface area contributed by atoms with E-state index >= 15 is 0 Å². The summed E-state index contributed by atoms with van der Waals surface area (Å²) in [4.78, 5) is 2.31. The summed E-state index contributed by atoms with van der Waals surface area (Å²) in [6, 6.07) is 0. The lowest BCUT2D eigenvalue weighted by Crippen LogP contribution is -2.25. The first-order valence-electron chi connectivity index (χ1n) is 5.12. The summed E-state index contributed by atoms with van der Waals surface area (Å²) in [7, 11) is 0. The molecule has 0 rings (SSSR count). The molecule has 1 unspecified atom stereocenters. The molecule has 0 aliphatic heterocycles. The fourth-order valence-electron chi connectivity index (χ4n) is 1.53. The predicted molar refractivity (Wildman–Crippen MR) is 57.6 cm³/mol. The Balaban J connectivity index is 4.51. The Morgan fingerprint density at radius 1 is 1.23 bits per heavy atom. The second kappa shape index (κ2) is 6.03. The Morgan fingerprint density at radius 3 is 1.92 bits per heavy atom. The smallest absolute Gasteiger partial charge is 0.0566 e. The number of rotatable bonds is 5. The van der Waals surface area contributed by atoms with Crippen LogP contribution in [-0.4, -0.2) is 29.2 Å². The van der Waals surface area contributed by atoms with Crippen LogP contribution in [-0.2, 0) is 0 Å². The molecule has 0 radical (unpaired) electrons. The van der Waals surface area contributed by atoms with Gasteiger partial charge in [-0.2, -0.15) is 0 Å². The van der Waals surface area contributed by atoms with E-state index < -0.39 is 0 Å². The third-order valence-corrected chi connectivity index (χ3v) is 2.21. The standard InChI is InChI=1S/C11H23NO/c1-6-12(7-2)11(9(3)4)8-10(5)13/h10,13H,6-8H2,1-5H3. The van der Waals surface area contributed by atoms with Crippen LogP contribution in [0.25, 0.3) is 0 Å².